The molecule has 0 aliphatic heterocycles. The van der Waals surface area contributed by atoms with Crippen molar-refractivity contribution in [2.24, 2.45) is 0 Å². The van der Waals surface area contributed by atoms with Crippen LogP contribution in [0.3, 0.4) is 0 Å². The lowest BCUT2D eigenvalue weighted by Gasteiger charge is -2.18. The van der Waals surface area contributed by atoms with Crippen molar-refractivity contribution < 1.29 is 23.0 Å². The zero-order valence-corrected chi connectivity index (χ0v) is 27.1. The van der Waals surface area contributed by atoms with Crippen LogP contribution in [0.1, 0.15) is 18.1 Å². The highest BCUT2D eigenvalue weighted by molar-refractivity contribution is 7.22. The Bertz CT molecular complexity index is 2010. The number of rotatable bonds is 12. The minimum atomic E-state index is -0.826. The number of aromatic nitrogens is 3. The van der Waals surface area contributed by atoms with Gasteiger partial charge in [-0.1, -0.05) is 18.2 Å². The molecule has 14 heteroatoms. The molecule has 0 aliphatic carbocycles. The second kappa shape index (κ2) is 14.7. The van der Waals surface area contributed by atoms with E-state index in [0.29, 0.717) is 41.4 Å². The summed E-state index contributed by atoms with van der Waals surface area (Å²) in [5.41, 5.74) is 0.188. The zero-order chi connectivity index (χ0) is 33.7. The van der Waals surface area contributed by atoms with Crippen molar-refractivity contribution >= 4 is 33.3 Å². The molecule has 0 saturated heterocycles. The summed E-state index contributed by atoms with van der Waals surface area (Å²) in [6.07, 6.45) is 1.46. The van der Waals surface area contributed by atoms with Gasteiger partial charge in [-0.25, -0.2) is 27.9 Å². The van der Waals surface area contributed by atoms with Crippen LogP contribution in [0.2, 0.25) is 0 Å². The molecular formula is C33H34F2N6O5S. The van der Waals surface area contributed by atoms with Gasteiger partial charge < -0.3 is 20.1 Å². The van der Waals surface area contributed by atoms with Crippen molar-refractivity contribution in [3.8, 4) is 22.0 Å². The highest BCUT2D eigenvalue weighted by Gasteiger charge is 2.26. The van der Waals surface area contributed by atoms with Gasteiger partial charge in [0.05, 0.1) is 25.6 Å². The largest absolute Gasteiger partial charge is 0.479 e. The Morgan fingerprint density at radius 2 is 1.74 bits per heavy atom. The first-order valence-corrected chi connectivity index (χ1v) is 15.6. The van der Waals surface area contributed by atoms with Gasteiger partial charge in [0, 0.05) is 49.1 Å². The van der Waals surface area contributed by atoms with Gasteiger partial charge in [0.2, 0.25) is 5.88 Å². The molecule has 0 fully saturated rings. The Kier molecular flexibility index (Phi) is 10.4. The van der Waals surface area contributed by atoms with Gasteiger partial charge in [0.1, 0.15) is 22.2 Å². The van der Waals surface area contributed by atoms with Crippen molar-refractivity contribution in [2.45, 2.75) is 20.0 Å². The number of hydrogen-bond donors (Lipinski definition) is 2. The standard InChI is InChI=1S/C33H34F2N6O5S/c1-5-36-32(43)38-21-13-11-20(12-14-21)28-23(18-39(2)16-17-45-3)27-30(42)41(26-10-7-15-37-29(26)46-4)33(44)40(31(27)47-28)19-22-24(34)8-6-9-25(22)35/h6-15H,5,16-19H2,1-4H3,(H2,36,38,43). The highest BCUT2D eigenvalue weighted by atomic mass is 32.1. The summed E-state index contributed by atoms with van der Waals surface area (Å²) in [4.78, 5) is 47.9. The number of carbonyl (C=O) groups excluding carboxylic acids is 1. The molecule has 11 nitrogen and oxygen atoms in total. The summed E-state index contributed by atoms with van der Waals surface area (Å²) in [6, 6.07) is 13.3. The van der Waals surface area contributed by atoms with Gasteiger partial charge in [-0.2, -0.15) is 0 Å². The lowest BCUT2D eigenvalue weighted by atomic mass is 10.1. The lowest BCUT2D eigenvalue weighted by molar-refractivity contribution is 0.159. The van der Waals surface area contributed by atoms with Crippen molar-refractivity contribution in [1.29, 1.82) is 0 Å². The first-order chi connectivity index (χ1) is 22.7. The highest BCUT2D eigenvalue weighted by Crippen LogP contribution is 2.38. The van der Waals surface area contributed by atoms with Crippen LogP contribution in [0.4, 0.5) is 19.3 Å². The molecule has 5 rings (SSSR count). The molecule has 0 unspecified atom stereocenters. The van der Waals surface area contributed by atoms with Gasteiger partial charge in [-0.3, -0.25) is 14.3 Å². The number of pyridine rings is 1. The molecule has 2 aromatic carbocycles. The third-order valence-electron chi connectivity index (χ3n) is 7.48. The first-order valence-electron chi connectivity index (χ1n) is 14.7. The molecule has 0 radical (unpaired) electrons. The van der Waals surface area contributed by atoms with E-state index >= 15 is 8.78 Å². The number of nitrogens with zero attached hydrogens (tertiary/aromatic N) is 4. The van der Waals surface area contributed by atoms with E-state index < -0.39 is 29.4 Å². The summed E-state index contributed by atoms with van der Waals surface area (Å²) in [6.45, 7) is 3.05. The fourth-order valence-corrected chi connectivity index (χ4v) is 6.50. The summed E-state index contributed by atoms with van der Waals surface area (Å²) in [5, 5.41) is 5.65. The van der Waals surface area contributed by atoms with Gasteiger partial charge >= 0.3 is 11.7 Å². The maximum Gasteiger partial charge on any atom is 0.337 e. The number of hydrogen-bond acceptors (Lipinski definition) is 8. The van der Waals surface area contributed by atoms with E-state index in [1.54, 1.807) is 37.4 Å². The molecule has 0 spiro atoms. The van der Waals surface area contributed by atoms with Gasteiger partial charge in [-0.15, -0.1) is 11.3 Å². The van der Waals surface area contributed by atoms with Crippen LogP contribution in [0, 0.1) is 11.6 Å². The summed E-state index contributed by atoms with van der Waals surface area (Å²) in [5.74, 6) is -1.62. The van der Waals surface area contributed by atoms with Crippen LogP contribution >= 0.6 is 11.3 Å². The van der Waals surface area contributed by atoms with E-state index in [0.717, 1.165) is 16.7 Å². The minimum absolute atomic E-state index is 0.0269. The van der Waals surface area contributed by atoms with Crippen molar-refractivity contribution in [3.63, 3.8) is 0 Å². The summed E-state index contributed by atoms with van der Waals surface area (Å²) < 4.78 is 42.8. The predicted octanol–water partition coefficient (Wildman–Crippen LogP) is 4.83. The Morgan fingerprint density at radius 3 is 2.40 bits per heavy atom. The van der Waals surface area contributed by atoms with Crippen molar-refractivity contribution in [1.82, 2.24) is 24.3 Å². The van der Waals surface area contributed by atoms with E-state index in [1.807, 2.05) is 18.9 Å². The third-order valence-corrected chi connectivity index (χ3v) is 8.79. The number of amides is 2. The quantitative estimate of drug-likeness (QED) is 0.196. The fraction of sp³-hybridized carbons (Fsp3) is 0.273. The second-order valence-electron chi connectivity index (χ2n) is 10.6. The number of fused-ring (bicyclic) bond motifs is 1. The summed E-state index contributed by atoms with van der Waals surface area (Å²) >= 11 is 1.17. The molecule has 3 aromatic heterocycles. The van der Waals surface area contributed by atoms with Gasteiger partial charge in [-0.05, 0) is 61.5 Å². The van der Waals surface area contributed by atoms with Crippen LogP contribution in [0.5, 0.6) is 5.88 Å². The average molecular weight is 665 g/mol. The molecule has 0 saturated carbocycles. The Balaban J connectivity index is 1.81. The fourth-order valence-electron chi connectivity index (χ4n) is 5.19. The number of ether oxygens (including phenoxy) is 2. The number of carbonyl (C=O) groups is 1. The lowest BCUT2D eigenvalue weighted by Crippen LogP contribution is -2.39. The molecular weight excluding hydrogens is 630 g/mol. The monoisotopic (exact) mass is 664 g/mol. The van der Waals surface area contributed by atoms with Crippen LogP contribution in [0.25, 0.3) is 26.3 Å². The van der Waals surface area contributed by atoms with E-state index in [9.17, 15) is 14.4 Å². The first kappa shape index (κ1) is 33.4. The van der Waals surface area contributed by atoms with Gasteiger partial charge in [0.25, 0.3) is 5.56 Å². The van der Waals surface area contributed by atoms with E-state index in [4.69, 9.17) is 9.47 Å². The molecule has 2 N–H and O–H groups in total. The van der Waals surface area contributed by atoms with Crippen LogP contribution in [-0.2, 0) is 17.8 Å². The minimum Gasteiger partial charge on any atom is -0.479 e. The van der Waals surface area contributed by atoms with E-state index in [-0.39, 0.29) is 39.9 Å². The molecule has 246 valence electrons. The Hall–Kier alpha value is -4.92. The van der Waals surface area contributed by atoms with Crippen LogP contribution in [-0.4, -0.2) is 66.0 Å². The Morgan fingerprint density at radius 1 is 1.02 bits per heavy atom. The average Bonchev–Trinajstić information content (AvgIpc) is 3.42. The number of halogens is 2. The number of nitrogens with one attached hydrogen (secondary N) is 2. The van der Waals surface area contributed by atoms with Crippen LogP contribution in [0.15, 0.2) is 70.4 Å². The van der Waals surface area contributed by atoms with Gasteiger partial charge in [0.15, 0.2) is 0 Å². The number of urea groups is 1. The van der Waals surface area contributed by atoms with Crippen LogP contribution < -0.4 is 26.6 Å². The molecule has 47 heavy (non-hydrogen) atoms. The predicted molar refractivity (Wildman–Crippen MR) is 178 cm³/mol. The SMILES string of the molecule is CCNC(=O)Nc1ccc(-c2sc3c(c2CN(C)CCOC)c(=O)n(-c2cccnc2OC)c(=O)n3Cc2c(F)cccc2F)cc1. The molecule has 5 aromatic rings. The smallest absolute Gasteiger partial charge is 0.337 e. The molecule has 2 amide bonds. The number of methoxy groups -OCH3 is 2. The van der Waals surface area contributed by atoms with E-state index in [2.05, 4.69) is 15.6 Å². The maximum atomic E-state index is 15.0. The number of benzene rings is 2. The normalized spacial score (nSPS) is 11.3. The number of thiophene rings is 1. The Labute approximate surface area is 273 Å². The zero-order valence-electron chi connectivity index (χ0n) is 26.3. The molecule has 0 atom stereocenters. The molecule has 3 heterocycles. The van der Waals surface area contributed by atoms with Crippen molar-refractivity contribution in [2.75, 3.05) is 46.3 Å². The van der Waals surface area contributed by atoms with Crippen molar-refractivity contribution in [3.05, 3.63) is 104 Å². The number of likely N-dealkylation sites (N-methyl/N-ethyl adjacent to an activating group) is 1. The second-order valence-corrected chi connectivity index (χ2v) is 11.6. The molecule has 0 aliphatic rings. The van der Waals surface area contributed by atoms with E-state index in [1.165, 1.54) is 41.3 Å². The third kappa shape index (κ3) is 6.94. The topological polar surface area (TPSA) is 120 Å². The summed E-state index contributed by atoms with van der Waals surface area (Å²) in [7, 11) is 4.83. The molecule has 0 bridgehead atoms. The maximum absolute atomic E-state index is 15.0. The number of anilines is 1.